The Kier molecular flexibility index (Phi) is 5.36. The van der Waals surface area contributed by atoms with Crippen molar-refractivity contribution in [1.29, 1.82) is 0 Å². The van der Waals surface area contributed by atoms with Gasteiger partial charge in [-0.1, -0.05) is 12.8 Å². The Bertz CT molecular complexity index is 286. The molecule has 0 bridgehead atoms. The van der Waals surface area contributed by atoms with Crippen LogP contribution in [0.15, 0.2) is 0 Å². The zero-order chi connectivity index (χ0) is 12.3. The molecule has 0 amide bonds. The second-order valence-corrected chi connectivity index (χ2v) is 6.35. The van der Waals surface area contributed by atoms with Crippen molar-refractivity contribution >= 4 is 32.5 Å². The lowest BCUT2D eigenvalue weighted by Crippen LogP contribution is -2.26. The molecule has 8 heteroatoms. The smallest absolute Gasteiger partial charge is 0.168 e. The van der Waals surface area contributed by atoms with E-state index < -0.39 is 43.0 Å². The first-order chi connectivity index (χ1) is 7.45. The van der Waals surface area contributed by atoms with E-state index in [1.165, 1.54) is 0 Å². The maximum Gasteiger partial charge on any atom is 0.324 e. The largest absolute Gasteiger partial charge is 0.324 e. The van der Waals surface area contributed by atoms with Gasteiger partial charge in [-0.15, -0.1) is 0 Å². The highest BCUT2D eigenvalue weighted by molar-refractivity contribution is 8.15. The molecule has 4 unspecified atom stereocenters. The van der Waals surface area contributed by atoms with Crippen molar-refractivity contribution in [2.24, 2.45) is 0 Å². The second-order valence-electron chi connectivity index (χ2n) is 3.38. The molecule has 0 heterocycles. The van der Waals surface area contributed by atoms with Gasteiger partial charge in [-0.05, 0) is 12.8 Å². The van der Waals surface area contributed by atoms with Gasteiger partial charge in [0.15, 0.2) is 0 Å². The molecule has 1 rings (SSSR count). The summed E-state index contributed by atoms with van der Waals surface area (Å²) in [6, 6.07) is 0. The van der Waals surface area contributed by atoms with E-state index in [0.717, 1.165) is 0 Å². The SMILES string of the molecule is FC(F)=S(F)C1CCCCC1S(F)=C(F)F. The van der Waals surface area contributed by atoms with E-state index >= 15 is 0 Å². The van der Waals surface area contributed by atoms with Crippen LogP contribution in [0.4, 0.5) is 25.3 Å². The van der Waals surface area contributed by atoms with Gasteiger partial charge in [-0.25, -0.2) is 0 Å². The Labute approximate surface area is 94.5 Å². The molecular weight excluding hydrogens is 274 g/mol. The highest BCUT2D eigenvalue weighted by Crippen LogP contribution is 2.45. The molecule has 1 saturated carbocycles. The third-order valence-electron chi connectivity index (χ3n) is 2.47. The zero-order valence-electron chi connectivity index (χ0n) is 8.07. The molecule has 0 aromatic rings. The molecule has 96 valence electrons. The first-order valence-electron chi connectivity index (χ1n) is 4.59. The van der Waals surface area contributed by atoms with Crippen LogP contribution in [0.25, 0.3) is 0 Å². The molecule has 1 fully saturated rings. The molecule has 0 saturated heterocycles. The maximum absolute atomic E-state index is 13.1. The van der Waals surface area contributed by atoms with Crippen LogP contribution < -0.4 is 0 Å². The van der Waals surface area contributed by atoms with Crippen molar-refractivity contribution in [3.63, 3.8) is 0 Å². The number of hydrogen-bond donors (Lipinski definition) is 0. The Morgan fingerprint density at radius 2 is 1.06 bits per heavy atom. The summed E-state index contributed by atoms with van der Waals surface area (Å²) in [4.78, 5) is 0. The molecule has 0 radical (unpaired) electrons. The summed E-state index contributed by atoms with van der Waals surface area (Å²) in [7, 11) is -5.74. The molecule has 1 aliphatic rings. The summed E-state index contributed by atoms with van der Waals surface area (Å²) >= 11 is 0. The summed E-state index contributed by atoms with van der Waals surface area (Å²) in [6.07, 6.45) is 1.05. The molecule has 0 spiro atoms. The highest BCUT2D eigenvalue weighted by atomic mass is 32.2. The second kappa shape index (κ2) is 6.09. The minimum Gasteiger partial charge on any atom is -0.168 e. The topological polar surface area (TPSA) is 0 Å². The van der Waals surface area contributed by atoms with Gasteiger partial charge in [0.25, 0.3) is 0 Å². The van der Waals surface area contributed by atoms with Crippen LogP contribution in [0, 0.1) is 0 Å². The van der Waals surface area contributed by atoms with Crippen LogP contribution in [0.1, 0.15) is 25.7 Å². The normalized spacial score (nSPS) is 29.6. The van der Waals surface area contributed by atoms with Gasteiger partial charge in [0, 0.05) is 10.5 Å². The zero-order valence-corrected chi connectivity index (χ0v) is 9.70. The first kappa shape index (κ1) is 14.1. The minimum atomic E-state index is -2.87. The van der Waals surface area contributed by atoms with Crippen molar-refractivity contribution in [2.45, 2.75) is 36.2 Å². The third-order valence-corrected chi connectivity index (χ3v) is 5.42. The summed E-state index contributed by atoms with van der Waals surface area (Å²) in [6.45, 7) is 0. The lowest BCUT2D eigenvalue weighted by atomic mass is 10.00. The molecule has 0 aliphatic heterocycles. The number of rotatable bonds is 2. The van der Waals surface area contributed by atoms with Gasteiger partial charge >= 0.3 is 10.7 Å². The van der Waals surface area contributed by atoms with Crippen LogP contribution >= 0.6 is 21.7 Å². The molecular formula is C8H10F6S2. The van der Waals surface area contributed by atoms with E-state index in [4.69, 9.17) is 0 Å². The third kappa shape index (κ3) is 3.26. The Hall–Kier alpha value is 0.0200. The van der Waals surface area contributed by atoms with Crippen LogP contribution in [0.3, 0.4) is 0 Å². The number of hydrogen-bond acceptors (Lipinski definition) is 0. The van der Waals surface area contributed by atoms with Gasteiger partial charge in [0.05, 0.1) is 21.7 Å². The van der Waals surface area contributed by atoms with E-state index in [1.807, 2.05) is 0 Å². The fourth-order valence-electron chi connectivity index (χ4n) is 1.77. The molecule has 0 N–H and O–H groups in total. The first-order valence-corrected chi connectivity index (χ1v) is 6.97. The van der Waals surface area contributed by atoms with E-state index in [2.05, 4.69) is 0 Å². The molecule has 16 heavy (non-hydrogen) atoms. The molecule has 1 aliphatic carbocycles. The summed E-state index contributed by atoms with van der Waals surface area (Å²) in [5.74, 6) is 0. The summed E-state index contributed by atoms with van der Waals surface area (Å²) < 4.78 is 74.6. The van der Waals surface area contributed by atoms with E-state index in [1.54, 1.807) is 0 Å². The summed E-state index contributed by atoms with van der Waals surface area (Å²) in [5, 5.41) is -7.44. The van der Waals surface area contributed by atoms with E-state index in [0.29, 0.717) is 12.8 Å². The van der Waals surface area contributed by atoms with Gasteiger partial charge in [0.1, 0.15) is 0 Å². The standard InChI is InChI=1S/C8H10F6S2/c9-7(10)15(13)5-3-1-2-4-6(5)16(14)8(11)12/h5-6H,1-4H2. The van der Waals surface area contributed by atoms with Gasteiger partial charge in [-0.3, -0.25) is 0 Å². The highest BCUT2D eigenvalue weighted by Gasteiger charge is 2.34. The lowest BCUT2D eigenvalue weighted by Gasteiger charge is -2.28. The van der Waals surface area contributed by atoms with Crippen LogP contribution in [0.2, 0.25) is 0 Å². The quantitative estimate of drug-likeness (QED) is 0.393. The lowest BCUT2D eigenvalue weighted by molar-refractivity contribution is 0.513. The Morgan fingerprint density at radius 3 is 1.31 bits per heavy atom. The van der Waals surface area contributed by atoms with Crippen molar-refractivity contribution in [3.05, 3.63) is 0 Å². The number of halogens is 6. The van der Waals surface area contributed by atoms with Crippen molar-refractivity contribution < 1.29 is 25.3 Å². The van der Waals surface area contributed by atoms with Gasteiger partial charge in [0.2, 0.25) is 0 Å². The molecule has 0 aromatic carbocycles. The minimum absolute atomic E-state index is 0.0440. The maximum atomic E-state index is 13.1. The van der Waals surface area contributed by atoms with Gasteiger partial charge < -0.3 is 0 Å². The fourth-order valence-corrected chi connectivity index (χ4v) is 4.36. The molecule has 0 nitrogen and oxygen atoms in total. The average molecular weight is 284 g/mol. The van der Waals surface area contributed by atoms with Crippen LogP contribution in [0.5, 0.6) is 0 Å². The predicted octanol–water partition coefficient (Wildman–Crippen LogP) is 4.66. The van der Waals surface area contributed by atoms with Crippen LogP contribution in [-0.4, -0.2) is 21.2 Å². The van der Waals surface area contributed by atoms with E-state index in [9.17, 15) is 25.3 Å². The predicted molar refractivity (Wildman–Crippen MR) is 57.9 cm³/mol. The van der Waals surface area contributed by atoms with Crippen molar-refractivity contribution in [3.8, 4) is 0 Å². The average Bonchev–Trinajstić information content (AvgIpc) is 2.26. The fraction of sp³-hybridized carbons (Fsp3) is 0.750. The monoisotopic (exact) mass is 284 g/mol. The Balaban J connectivity index is 2.97. The Morgan fingerprint density at radius 1 is 0.750 bits per heavy atom. The van der Waals surface area contributed by atoms with Crippen molar-refractivity contribution in [1.82, 2.24) is 0 Å². The summed E-state index contributed by atoms with van der Waals surface area (Å²) in [5.41, 5.74) is 0. The van der Waals surface area contributed by atoms with Crippen LogP contribution in [-0.2, 0) is 0 Å². The van der Waals surface area contributed by atoms with E-state index in [-0.39, 0.29) is 12.8 Å². The molecule has 4 atom stereocenters. The molecule has 0 aromatic heterocycles. The van der Waals surface area contributed by atoms with Crippen molar-refractivity contribution in [2.75, 3.05) is 0 Å². The van der Waals surface area contributed by atoms with Gasteiger partial charge in [-0.2, -0.15) is 25.3 Å².